The molecule has 1 amide bonds. The maximum absolute atomic E-state index is 14.3. The van der Waals surface area contributed by atoms with Crippen LogP contribution < -0.4 is 5.32 Å². The van der Waals surface area contributed by atoms with Crippen molar-refractivity contribution in [1.29, 1.82) is 0 Å². The number of carbonyl (C=O) groups excluding carboxylic acids is 1. The number of aromatic nitrogens is 2. The predicted octanol–water partition coefficient (Wildman–Crippen LogP) is 4.50. The first-order chi connectivity index (χ1) is 13.4. The van der Waals surface area contributed by atoms with E-state index >= 15 is 0 Å². The summed E-state index contributed by atoms with van der Waals surface area (Å²) in [5, 5.41) is 12.2. The van der Waals surface area contributed by atoms with Gasteiger partial charge in [0.05, 0.1) is 16.8 Å². The SMILES string of the molecule is CC1(C)[C@H]2CC[C@]1(C(=O)NC1CCCC1)c1nnc(-c3ccccc3F)cc12. The molecule has 0 radical (unpaired) electrons. The maximum Gasteiger partial charge on any atom is 0.233 e. The van der Waals surface area contributed by atoms with Gasteiger partial charge in [0.1, 0.15) is 5.82 Å². The Hall–Kier alpha value is -2.30. The van der Waals surface area contributed by atoms with Gasteiger partial charge in [-0.05, 0) is 60.8 Å². The second-order valence-corrected chi connectivity index (χ2v) is 9.19. The van der Waals surface area contributed by atoms with Crippen molar-refractivity contribution in [1.82, 2.24) is 15.5 Å². The summed E-state index contributed by atoms with van der Waals surface area (Å²) in [6.45, 7) is 4.37. The highest BCUT2D eigenvalue weighted by Crippen LogP contribution is 2.67. The molecule has 2 bridgehead atoms. The van der Waals surface area contributed by atoms with E-state index in [1.165, 1.54) is 18.9 Å². The van der Waals surface area contributed by atoms with Gasteiger partial charge in [-0.15, -0.1) is 0 Å². The lowest BCUT2D eigenvalue weighted by Gasteiger charge is -2.37. The zero-order valence-corrected chi connectivity index (χ0v) is 16.5. The average Bonchev–Trinajstić information content (AvgIpc) is 3.33. The van der Waals surface area contributed by atoms with E-state index in [0.717, 1.165) is 36.9 Å². The largest absolute Gasteiger partial charge is 0.353 e. The van der Waals surface area contributed by atoms with Crippen molar-refractivity contribution in [3.63, 3.8) is 0 Å². The number of carbonyl (C=O) groups is 1. The van der Waals surface area contributed by atoms with Crippen LogP contribution in [0.4, 0.5) is 4.39 Å². The number of nitrogens with zero attached hydrogens (tertiary/aromatic N) is 2. The molecule has 1 heterocycles. The standard InChI is InChI=1S/C23H26FN3O/c1-22(2)17-11-12-23(22,21(28)25-14-7-3-4-8-14)20-16(17)13-19(26-27-20)15-9-5-6-10-18(15)24/h5-6,9-10,13-14,17H,3-4,7-8,11-12H2,1-2H3,(H,25,28)/t17-,23+/m0/s1. The number of hydrogen-bond donors (Lipinski definition) is 1. The van der Waals surface area contributed by atoms with Crippen molar-refractivity contribution in [2.45, 2.75) is 69.7 Å². The van der Waals surface area contributed by atoms with E-state index in [-0.39, 0.29) is 29.1 Å². The van der Waals surface area contributed by atoms with Crippen molar-refractivity contribution >= 4 is 5.91 Å². The molecule has 146 valence electrons. The quantitative estimate of drug-likeness (QED) is 0.854. The fourth-order valence-corrected chi connectivity index (χ4v) is 6.01. The molecule has 0 aliphatic heterocycles. The molecule has 2 saturated carbocycles. The van der Waals surface area contributed by atoms with E-state index in [9.17, 15) is 9.18 Å². The fourth-order valence-electron chi connectivity index (χ4n) is 6.01. The minimum absolute atomic E-state index is 0.110. The van der Waals surface area contributed by atoms with Gasteiger partial charge in [0.15, 0.2) is 0 Å². The van der Waals surface area contributed by atoms with Gasteiger partial charge in [-0.2, -0.15) is 10.2 Å². The van der Waals surface area contributed by atoms with Gasteiger partial charge in [0, 0.05) is 11.6 Å². The van der Waals surface area contributed by atoms with Crippen LogP contribution in [0.3, 0.4) is 0 Å². The molecule has 4 nitrogen and oxygen atoms in total. The number of fused-ring (bicyclic) bond motifs is 5. The Balaban J connectivity index is 1.58. The number of nitrogens with one attached hydrogen (secondary N) is 1. The molecule has 5 heteroatoms. The van der Waals surface area contributed by atoms with Crippen molar-refractivity contribution in [2.24, 2.45) is 5.41 Å². The maximum atomic E-state index is 14.3. The average molecular weight is 379 g/mol. The van der Waals surface area contributed by atoms with Gasteiger partial charge in [0.2, 0.25) is 5.91 Å². The lowest BCUT2D eigenvalue weighted by Crippen LogP contribution is -2.52. The summed E-state index contributed by atoms with van der Waals surface area (Å²) in [5.41, 5.74) is 2.04. The molecule has 2 aromatic rings. The molecule has 1 aromatic heterocycles. The topological polar surface area (TPSA) is 54.9 Å². The number of hydrogen-bond acceptors (Lipinski definition) is 3. The Morgan fingerprint density at radius 2 is 1.89 bits per heavy atom. The third-order valence-electron chi connectivity index (χ3n) is 7.61. The normalized spacial score (nSPS) is 27.8. The third kappa shape index (κ3) is 2.25. The third-order valence-corrected chi connectivity index (χ3v) is 7.61. The van der Waals surface area contributed by atoms with Crippen LogP contribution in [0.15, 0.2) is 30.3 Å². The molecule has 1 N–H and O–H groups in total. The highest BCUT2D eigenvalue weighted by Gasteiger charge is 2.67. The van der Waals surface area contributed by atoms with Crippen molar-refractivity contribution in [2.75, 3.05) is 0 Å². The molecule has 28 heavy (non-hydrogen) atoms. The minimum Gasteiger partial charge on any atom is -0.353 e. The first-order valence-corrected chi connectivity index (χ1v) is 10.4. The van der Waals surface area contributed by atoms with E-state index in [4.69, 9.17) is 0 Å². The Morgan fingerprint density at radius 1 is 1.14 bits per heavy atom. The zero-order chi connectivity index (χ0) is 19.5. The molecular weight excluding hydrogens is 353 g/mol. The monoisotopic (exact) mass is 379 g/mol. The molecule has 3 aliphatic rings. The molecule has 2 fully saturated rings. The lowest BCUT2D eigenvalue weighted by molar-refractivity contribution is -0.130. The summed E-state index contributed by atoms with van der Waals surface area (Å²) in [6.07, 6.45) is 6.27. The molecule has 3 aliphatic carbocycles. The van der Waals surface area contributed by atoms with Crippen LogP contribution in [0.25, 0.3) is 11.3 Å². The summed E-state index contributed by atoms with van der Waals surface area (Å²) in [6, 6.07) is 8.90. The highest BCUT2D eigenvalue weighted by atomic mass is 19.1. The van der Waals surface area contributed by atoms with Crippen LogP contribution in [-0.2, 0) is 10.2 Å². The number of halogens is 1. The summed E-state index contributed by atoms with van der Waals surface area (Å²) in [7, 11) is 0. The molecule has 0 saturated heterocycles. The van der Waals surface area contributed by atoms with Gasteiger partial charge in [-0.3, -0.25) is 4.79 Å². The van der Waals surface area contributed by atoms with Crippen LogP contribution in [0.2, 0.25) is 0 Å². The zero-order valence-electron chi connectivity index (χ0n) is 16.5. The minimum atomic E-state index is -0.629. The van der Waals surface area contributed by atoms with Gasteiger partial charge < -0.3 is 5.32 Å². The molecule has 0 spiro atoms. The van der Waals surface area contributed by atoms with Gasteiger partial charge in [-0.25, -0.2) is 4.39 Å². The van der Waals surface area contributed by atoms with E-state index < -0.39 is 5.41 Å². The van der Waals surface area contributed by atoms with E-state index in [0.29, 0.717) is 11.3 Å². The summed E-state index contributed by atoms with van der Waals surface area (Å²) < 4.78 is 14.3. The number of benzene rings is 1. The van der Waals surface area contributed by atoms with Crippen LogP contribution in [0.5, 0.6) is 0 Å². The fraction of sp³-hybridized carbons (Fsp3) is 0.522. The second kappa shape index (κ2) is 6.10. The smallest absolute Gasteiger partial charge is 0.233 e. The van der Waals surface area contributed by atoms with E-state index in [1.54, 1.807) is 18.2 Å². The Morgan fingerprint density at radius 3 is 2.64 bits per heavy atom. The Labute approximate surface area is 164 Å². The highest BCUT2D eigenvalue weighted by molar-refractivity contribution is 5.92. The van der Waals surface area contributed by atoms with Crippen molar-refractivity contribution in [3.8, 4) is 11.3 Å². The van der Waals surface area contributed by atoms with Crippen molar-refractivity contribution < 1.29 is 9.18 Å². The van der Waals surface area contributed by atoms with Gasteiger partial charge >= 0.3 is 0 Å². The predicted molar refractivity (Wildman–Crippen MR) is 105 cm³/mol. The van der Waals surface area contributed by atoms with Crippen LogP contribution >= 0.6 is 0 Å². The summed E-state index contributed by atoms with van der Waals surface area (Å²) >= 11 is 0. The van der Waals surface area contributed by atoms with Gasteiger partial charge in [0.25, 0.3) is 0 Å². The first kappa shape index (κ1) is 17.8. The molecule has 5 rings (SSSR count). The summed E-state index contributed by atoms with van der Waals surface area (Å²) in [5.74, 6) is 0.0595. The number of rotatable bonds is 3. The molecular formula is C23H26FN3O. The van der Waals surface area contributed by atoms with E-state index in [1.807, 2.05) is 6.07 Å². The number of amides is 1. The van der Waals surface area contributed by atoms with E-state index in [2.05, 4.69) is 29.4 Å². The van der Waals surface area contributed by atoms with Crippen LogP contribution in [0, 0.1) is 11.2 Å². The lowest BCUT2D eigenvalue weighted by atomic mass is 9.67. The molecule has 1 aromatic carbocycles. The Bertz CT molecular complexity index is 951. The van der Waals surface area contributed by atoms with Crippen LogP contribution in [0.1, 0.15) is 69.5 Å². The summed E-state index contributed by atoms with van der Waals surface area (Å²) in [4.78, 5) is 13.5. The van der Waals surface area contributed by atoms with Gasteiger partial charge in [-0.1, -0.05) is 38.8 Å². The first-order valence-electron chi connectivity index (χ1n) is 10.4. The Kier molecular flexibility index (Phi) is 3.87. The van der Waals surface area contributed by atoms with Crippen LogP contribution in [-0.4, -0.2) is 22.1 Å². The van der Waals surface area contributed by atoms with Crippen molar-refractivity contribution in [3.05, 3.63) is 47.4 Å². The molecule has 2 atom stereocenters. The molecule has 0 unspecified atom stereocenters. The second-order valence-electron chi connectivity index (χ2n) is 9.19.